The molecule has 1 aliphatic heterocycles. The van der Waals surface area contributed by atoms with Crippen molar-refractivity contribution >= 4 is 16.9 Å². The Kier molecular flexibility index (Phi) is 2.67. The Morgan fingerprint density at radius 2 is 1.72 bits per heavy atom. The first-order valence-electron chi connectivity index (χ1n) is 5.42. The van der Waals surface area contributed by atoms with Crippen molar-refractivity contribution in [2.75, 3.05) is 0 Å². The van der Waals surface area contributed by atoms with Crippen LogP contribution in [0.4, 0.5) is 8.78 Å². The molecule has 0 fully saturated rings. The molecule has 0 amide bonds. The van der Waals surface area contributed by atoms with E-state index in [0.29, 0.717) is 0 Å². The van der Waals surface area contributed by atoms with Gasteiger partial charge in [0.25, 0.3) is 0 Å². The maximum absolute atomic E-state index is 13.9. The van der Waals surface area contributed by atoms with E-state index < -0.39 is 16.9 Å². The molecule has 90 valence electrons. The zero-order valence-corrected chi connectivity index (χ0v) is 10.0. The summed E-state index contributed by atoms with van der Waals surface area (Å²) in [5, 5.41) is -0.665. The van der Waals surface area contributed by atoms with Gasteiger partial charge in [0.2, 0.25) is 5.12 Å². The zero-order valence-electron chi connectivity index (χ0n) is 9.19. The highest BCUT2D eigenvalue weighted by molar-refractivity contribution is 8.15. The fraction of sp³-hybridized carbons (Fsp3) is 0.0714. The third-order valence-electron chi connectivity index (χ3n) is 2.94. The Balaban J connectivity index is 2.19. The van der Waals surface area contributed by atoms with Gasteiger partial charge in [-0.25, -0.2) is 8.78 Å². The van der Waals surface area contributed by atoms with Gasteiger partial charge in [0.15, 0.2) is 11.6 Å². The Bertz CT molecular complexity index is 625. The normalized spacial score (nSPS) is 17.9. The lowest BCUT2D eigenvalue weighted by Gasteiger charge is -2.11. The molecule has 4 heteroatoms. The summed E-state index contributed by atoms with van der Waals surface area (Å²) in [4.78, 5) is 11.8. The second kappa shape index (κ2) is 4.21. The molecule has 1 heterocycles. The lowest BCUT2D eigenvalue weighted by atomic mass is 9.99. The Morgan fingerprint density at radius 3 is 2.44 bits per heavy atom. The number of fused-ring (bicyclic) bond motifs is 1. The molecule has 0 spiro atoms. The predicted molar refractivity (Wildman–Crippen MR) is 66.6 cm³/mol. The SMILES string of the molecule is O=C1SC(c2ccccc2)c2c1ccc(F)c2F. The van der Waals surface area contributed by atoms with E-state index >= 15 is 0 Å². The molecule has 1 nitrogen and oxygen atoms in total. The van der Waals surface area contributed by atoms with Crippen molar-refractivity contribution in [3.8, 4) is 0 Å². The number of carbonyl (C=O) groups is 1. The van der Waals surface area contributed by atoms with Crippen molar-refractivity contribution in [3.05, 3.63) is 70.8 Å². The first-order valence-corrected chi connectivity index (χ1v) is 6.30. The summed E-state index contributed by atoms with van der Waals surface area (Å²) in [5.74, 6) is -1.83. The molecule has 0 saturated carbocycles. The predicted octanol–water partition coefficient (Wildman–Crippen LogP) is 3.94. The average Bonchev–Trinajstić information content (AvgIpc) is 2.73. The quantitative estimate of drug-likeness (QED) is 0.774. The molecule has 0 aromatic heterocycles. The summed E-state index contributed by atoms with van der Waals surface area (Å²) in [6.45, 7) is 0. The molecular weight excluding hydrogens is 254 g/mol. The van der Waals surface area contributed by atoms with Crippen LogP contribution in [0.1, 0.15) is 26.7 Å². The van der Waals surface area contributed by atoms with Crippen LogP contribution < -0.4 is 0 Å². The van der Waals surface area contributed by atoms with Gasteiger partial charge in [-0.05, 0) is 17.7 Å². The van der Waals surface area contributed by atoms with Crippen LogP contribution in [-0.2, 0) is 0 Å². The van der Waals surface area contributed by atoms with Crippen molar-refractivity contribution in [3.63, 3.8) is 0 Å². The summed E-state index contributed by atoms with van der Waals surface area (Å²) in [7, 11) is 0. The van der Waals surface area contributed by atoms with E-state index in [9.17, 15) is 13.6 Å². The lowest BCUT2D eigenvalue weighted by Crippen LogP contribution is -2.00. The molecule has 0 N–H and O–H groups in total. The summed E-state index contributed by atoms with van der Waals surface area (Å²) in [6, 6.07) is 11.4. The molecular formula is C14H8F2OS. The summed E-state index contributed by atoms with van der Waals surface area (Å²) in [5.41, 5.74) is 1.24. The van der Waals surface area contributed by atoms with Crippen LogP contribution in [0.15, 0.2) is 42.5 Å². The summed E-state index contributed by atoms with van der Waals surface area (Å²) in [6.07, 6.45) is 0. The number of benzene rings is 2. The number of hydrogen-bond acceptors (Lipinski definition) is 2. The molecule has 0 aliphatic carbocycles. The minimum Gasteiger partial charge on any atom is -0.282 e. The number of thioether (sulfide) groups is 1. The van der Waals surface area contributed by atoms with Crippen LogP contribution in [0.5, 0.6) is 0 Å². The summed E-state index contributed by atoms with van der Waals surface area (Å²) < 4.78 is 27.2. The average molecular weight is 262 g/mol. The highest BCUT2D eigenvalue weighted by atomic mass is 32.2. The van der Waals surface area contributed by atoms with E-state index in [1.54, 1.807) is 0 Å². The molecule has 1 atom stereocenters. The zero-order chi connectivity index (χ0) is 12.7. The van der Waals surface area contributed by atoms with Crippen LogP contribution in [0.25, 0.3) is 0 Å². The number of rotatable bonds is 1. The Hall–Kier alpha value is -1.68. The summed E-state index contributed by atoms with van der Waals surface area (Å²) >= 11 is 1.02. The lowest BCUT2D eigenvalue weighted by molar-refractivity contribution is 0.109. The van der Waals surface area contributed by atoms with Gasteiger partial charge in [-0.15, -0.1) is 0 Å². The van der Waals surface area contributed by atoms with Gasteiger partial charge in [-0.1, -0.05) is 42.1 Å². The first-order chi connectivity index (χ1) is 8.68. The second-order valence-corrected chi connectivity index (χ2v) is 5.10. The van der Waals surface area contributed by atoms with E-state index in [1.165, 1.54) is 6.07 Å². The van der Waals surface area contributed by atoms with Crippen LogP contribution in [0.3, 0.4) is 0 Å². The van der Waals surface area contributed by atoms with E-state index in [0.717, 1.165) is 23.4 Å². The monoisotopic (exact) mass is 262 g/mol. The van der Waals surface area contributed by atoms with Crippen molar-refractivity contribution in [1.29, 1.82) is 0 Å². The van der Waals surface area contributed by atoms with Crippen molar-refractivity contribution in [2.45, 2.75) is 5.25 Å². The van der Waals surface area contributed by atoms with Crippen molar-refractivity contribution in [2.24, 2.45) is 0 Å². The number of carbonyl (C=O) groups excluding carboxylic acids is 1. The van der Waals surface area contributed by atoms with Gasteiger partial charge >= 0.3 is 0 Å². The molecule has 1 unspecified atom stereocenters. The van der Waals surface area contributed by atoms with E-state index in [-0.39, 0.29) is 16.2 Å². The highest BCUT2D eigenvalue weighted by Crippen LogP contribution is 2.47. The molecule has 0 bridgehead atoms. The second-order valence-electron chi connectivity index (χ2n) is 4.02. The van der Waals surface area contributed by atoms with E-state index in [1.807, 2.05) is 30.3 Å². The largest absolute Gasteiger partial charge is 0.282 e. The van der Waals surface area contributed by atoms with Gasteiger partial charge in [0, 0.05) is 11.1 Å². The Labute approximate surface area is 107 Å². The van der Waals surface area contributed by atoms with Crippen LogP contribution in [0, 0.1) is 11.6 Å². The third kappa shape index (κ3) is 1.64. The highest BCUT2D eigenvalue weighted by Gasteiger charge is 2.35. The number of hydrogen-bond donors (Lipinski definition) is 0. The molecule has 0 saturated heterocycles. The number of halogens is 2. The van der Waals surface area contributed by atoms with Crippen LogP contribution >= 0.6 is 11.8 Å². The molecule has 2 aromatic rings. The first kappa shape index (κ1) is 11.4. The maximum Gasteiger partial charge on any atom is 0.220 e. The van der Waals surface area contributed by atoms with Gasteiger partial charge in [-0.3, -0.25) is 4.79 Å². The van der Waals surface area contributed by atoms with Gasteiger partial charge in [0.1, 0.15) is 0 Å². The Morgan fingerprint density at radius 1 is 1.00 bits per heavy atom. The maximum atomic E-state index is 13.9. The minimum absolute atomic E-state index is 0.163. The standard InChI is InChI=1S/C14H8F2OS/c15-10-7-6-9-11(12(10)16)13(18-14(9)17)8-4-2-1-3-5-8/h1-7,13H. The van der Waals surface area contributed by atoms with E-state index in [4.69, 9.17) is 0 Å². The molecule has 2 aromatic carbocycles. The van der Waals surface area contributed by atoms with Crippen LogP contribution in [0.2, 0.25) is 0 Å². The topological polar surface area (TPSA) is 17.1 Å². The fourth-order valence-electron chi connectivity index (χ4n) is 2.09. The molecule has 18 heavy (non-hydrogen) atoms. The molecule has 1 aliphatic rings. The molecule has 0 radical (unpaired) electrons. The van der Waals surface area contributed by atoms with Gasteiger partial charge in [0.05, 0.1) is 5.25 Å². The minimum atomic E-state index is -0.917. The third-order valence-corrected chi connectivity index (χ3v) is 4.12. The smallest absolute Gasteiger partial charge is 0.220 e. The van der Waals surface area contributed by atoms with Gasteiger partial charge in [-0.2, -0.15) is 0 Å². The van der Waals surface area contributed by atoms with E-state index in [2.05, 4.69) is 0 Å². The van der Waals surface area contributed by atoms with Crippen molar-refractivity contribution in [1.82, 2.24) is 0 Å². The van der Waals surface area contributed by atoms with Crippen LogP contribution in [-0.4, -0.2) is 5.12 Å². The fourth-order valence-corrected chi connectivity index (χ4v) is 3.25. The van der Waals surface area contributed by atoms with Gasteiger partial charge < -0.3 is 0 Å². The molecule has 3 rings (SSSR count). The van der Waals surface area contributed by atoms with Crippen molar-refractivity contribution < 1.29 is 13.6 Å².